The van der Waals surface area contributed by atoms with Crippen LogP contribution in [0.1, 0.15) is 34.1 Å². The molecule has 1 saturated heterocycles. The van der Waals surface area contributed by atoms with Gasteiger partial charge in [-0.05, 0) is 27.3 Å². The average molecular weight is 242 g/mol. The summed E-state index contributed by atoms with van der Waals surface area (Å²) in [5.41, 5.74) is -0.467. The maximum absolute atomic E-state index is 11.9. The van der Waals surface area contributed by atoms with Crippen molar-refractivity contribution in [1.29, 1.82) is 0 Å². The largest absolute Gasteiger partial charge is 0.457 e. The SMILES string of the molecule is CCNC(=O)CC1C(=O)OC(C)(C)CN1CC. The van der Waals surface area contributed by atoms with Crippen LogP contribution < -0.4 is 5.32 Å². The molecule has 1 unspecified atom stereocenters. The molecule has 98 valence electrons. The van der Waals surface area contributed by atoms with Gasteiger partial charge in [-0.3, -0.25) is 14.5 Å². The van der Waals surface area contributed by atoms with Crippen LogP contribution in [0.2, 0.25) is 0 Å². The zero-order chi connectivity index (χ0) is 13.1. The van der Waals surface area contributed by atoms with Gasteiger partial charge in [-0.1, -0.05) is 6.92 Å². The van der Waals surface area contributed by atoms with Crippen molar-refractivity contribution in [2.45, 2.75) is 45.8 Å². The monoisotopic (exact) mass is 242 g/mol. The first kappa shape index (κ1) is 14.0. The summed E-state index contributed by atoms with van der Waals surface area (Å²) in [6.45, 7) is 9.60. The zero-order valence-electron chi connectivity index (χ0n) is 11.1. The number of rotatable bonds is 4. The Balaban J connectivity index is 2.69. The smallest absolute Gasteiger partial charge is 0.324 e. The first-order valence-electron chi connectivity index (χ1n) is 6.13. The molecule has 0 saturated carbocycles. The van der Waals surface area contributed by atoms with Gasteiger partial charge in [-0.25, -0.2) is 0 Å². The lowest BCUT2D eigenvalue weighted by molar-refractivity contribution is -0.178. The second kappa shape index (κ2) is 5.49. The molecule has 1 rings (SSSR count). The van der Waals surface area contributed by atoms with Gasteiger partial charge in [0.15, 0.2) is 0 Å². The molecule has 17 heavy (non-hydrogen) atoms. The van der Waals surface area contributed by atoms with E-state index in [2.05, 4.69) is 5.32 Å². The van der Waals surface area contributed by atoms with Crippen molar-refractivity contribution in [3.05, 3.63) is 0 Å². The maximum Gasteiger partial charge on any atom is 0.324 e. The normalized spacial score (nSPS) is 24.2. The van der Waals surface area contributed by atoms with E-state index in [0.29, 0.717) is 13.1 Å². The molecule has 1 N–H and O–H groups in total. The number of ether oxygens (including phenoxy) is 1. The molecule has 0 spiro atoms. The molecule has 1 amide bonds. The highest BCUT2D eigenvalue weighted by Crippen LogP contribution is 2.23. The number of hydrogen-bond donors (Lipinski definition) is 1. The van der Waals surface area contributed by atoms with Crippen LogP contribution in [-0.4, -0.2) is 48.1 Å². The van der Waals surface area contributed by atoms with E-state index in [0.717, 1.165) is 6.54 Å². The lowest BCUT2D eigenvalue weighted by atomic mass is 10.0. The molecule has 1 aliphatic heterocycles. The van der Waals surface area contributed by atoms with E-state index in [1.807, 2.05) is 32.6 Å². The Kier molecular flexibility index (Phi) is 4.51. The van der Waals surface area contributed by atoms with Crippen molar-refractivity contribution in [1.82, 2.24) is 10.2 Å². The summed E-state index contributed by atoms with van der Waals surface area (Å²) in [7, 11) is 0. The number of carbonyl (C=O) groups is 2. The number of amides is 1. The minimum Gasteiger partial charge on any atom is -0.457 e. The topological polar surface area (TPSA) is 58.6 Å². The summed E-state index contributed by atoms with van der Waals surface area (Å²) in [6.07, 6.45) is 0.177. The Labute approximate surface area is 102 Å². The van der Waals surface area contributed by atoms with Gasteiger partial charge in [0.1, 0.15) is 11.6 Å². The number of morpholine rings is 1. The van der Waals surface area contributed by atoms with Crippen LogP contribution in [0.25, 0.3) is 0 Å². The molecule has 5 nitrogen and oxygen atoms in total. The van der Waals surface area contributed by atoms with Crippen molar-refractivity contribution in [3.8, 4) is 0 Å². The Bertz CT molecular complexity index is 302. The molecule has 0 aromatic rings. The molecule has 0 radical (unpaired) electrons. The standard InChI is InChI=1S/C12H22N2O3/c1-5-13-10(15)7-9-11(16)17-12(3,4)8-14(9)6-2/h9H,5-8H2,1-4H3,(H,13,15). The van der Waals surface area contributed by atoms with Crippen LogP contribution in [-0.2, 0) is 14.3 Å². The highest BCUT2D eigenvalue weighted by Gasteiger charge is 2.40. The molecular formula is C12H22N2O3. The highest BCUT2D eigenvalue weighted by molar-refractivity contribution is 5.85. The predicted molar refractivity (Wildman–Crippen MR) is 64.5 cm³/mol. The van der Waals surface area contributed by atoms with E-state index in [-0.39, 0.29) is 18.3 Å². The van der Waals surface area contributed by atoms with Gasteiger partial charge in [-0.2, -0.15) is 0 Å². The van der Waals surface area contributed by atoms with Crippen molar-refractivity contribution in [2.24, 2.45) is 0 Å². The first-order chi connectivity index (χ1) is 7.89. The second-order valence-electron chi connectivity index (χ2n) is 4.92. The molecular weight excluding hydrogens is 220 g/mol. The summed E-state index contributed by atoms with van der Waals surface area (Å²) in [4.78, 5) is 25.4. The number of likely N-dealkylation sites (N-methyl/N-ethyl adjacent to an activating group) is 1. The van der Waals surface area contributed by atoms with E-state index in [1.54, 1.807) is 0 Å². The molecule has 1 fully saturated rings. The minimum atomic E-state index is -0.467. The number of cyclic esters (lactones) is 1. The summed E-state index contributed by atoms with van der Waals surface area (Å²) in [5, 5.41) is 2.71. The second-order valence-corrected chi connectivity index (χ2v) is 4.92. The number of esters is 1. The summed E-state index contributed by atoms with van der Waals surface area (Å²) < 4.78 is 5.34. The summed E-state index contributed by atoms with van der Waals surface area (Å²) in [5.74, 6) is -0.401. The van der Waals surface area contributed by atoms with Gasteiger partial charge in [0.2, 0.25) is 5.91 Å². The quantitative estimate of drug-likeness (QED) is 0.731. The van der Waals surface area contributed by atoms with Crippen LogP contribution >= 0.6 is 0 Å². The Morgan fingerprint density at radius 2 is 2.18 bits per heavy atom. The lowest BCUT2D eigenvalue weighted by Crippen LogP contribution is -2.57. The number of carbonyl (C=O) groups excluding carboxylic acids is 2. The van der Waals surface area contributed by atoms with E-state index in [4.69, 9.17) is 4.74 Å². The molecule has 0 bridgehead atoms. The van der Waals surface area contributed by atoms with Crippen LogP contribution in [0, 0.1) is 0 Å². The number of nitrogens with zero attached hydrogens (tertiary/aromatic N) is 1. The van der Waals surface area contributed by atoms with Gasteiger partial charge >= 0.3 is 5.97 Å². The Hall–Kier alpha value is -1.10. The van der Waals surface area contributed by atoms with Gasteiger partial charge in [0, 0.05) is 13.1 Å². The molecule has 0 aliphatic carbocycles. The molecule has 0 aromatic carbocycles. The van der Waals surface area contributed by atoms with Crippen LogP contribution in [0.5, 0.6) is 0 Å². The van der Waals surface area contributed by atoms with Crippen molar-refractivity contribution in [3.63, 3.8) is 0 Å². The van der Waals surface area contributed by atoms with Gasteiger partial charge in [0.05, 0.1) is 6.42 Å². The third-order valence-corrected chi connectivity index (χ3v) is 2.83. The molecule has 1 aliphatic rings. The van der Waals surface area contributed by atoms with Crippen LogP contribution in [0.4, 0.5) is 0 Å². The molecule has 0 aromatic heterocycles. The third-order valence-electron chi connectivity index (χ3n) is 2.83. The Morgan fingerprint density at radius 3 is 2.71 bits per heavy atom. The van der Waals surface area contributed by atoms with Gasteiger partial charge < -0.3 is 10.1 Å². The van der Waals surface area contributed by atoms with E-state index < -0.39 is 11.6 Å². The minimum absolute atomic E-state index is 0.104. The van der Waals surface area contributed by atoms with E-state index in [1.165, 1.54) is 0 Å². The first-order valence-corrected chi connectivity index (χ1v) is 6.13. The highest BCUT2D eigenvalue weighted by atomic mass is 16.6. The fourth-order valence-corrected chi connectivity index (χ4v) is 2.11. The zero-order valence-corrected chi connectivity index (χ0v) is 11.1. The summed E-state index contributed by atoms with van der Waals surface area (Å²) in [6, 6.07) is -0.445. The van der Waals surface area contributed by atoms with Crippen molar-refractivity contribution < 1.29 is 14.3 Å². The van der Waals surface area contributed by atoms with Crippen LogP contribution in [0.3, 0.4) is 0 Å². The number of nitrogens with one attached hydrogen (secondary N) is 1. The average Bonchev–Trinajstić information content (AvgIpc) is 2.21. The predicted octanol–water partition coefficient (Wildman–Crippen LogP) is 0.539. The van der Waals surface area contributed by atoms with Gasteiger partial charge in [0.25, 0.3) is 0 Å². The van der Waals surface area contributed by atoms with Crippen LogP contribution in [0.15, 0.2) is 0 Å². The number of hydrogen-bond acceptors (Lipinski definition) is 4. The fourth-order valence-electron chi connectivity index (χ4n) is 2.11. The lowest BCUT2D eigenvalue weighted by Gasteiger charge is -2.41. The van der Waals surface area contributed by atoms with Crippen molar-refractivity contribution >= 4 is 11.9 Å². The molecule has 5 heteroatoms. The molecule has 1 atom stereocenters. The Morgan fingerprint density at radius 1 is 1.53 bits per heavy atom. The third kappa shape index (κ3) is 3.70. The maximum atomic E-state index is 11.9. The van der Waals surface area contributed by atoms with E-state index >= 15 is 0 Å². The van der Waals surface area contributed by atoms with Crippen molar-refractivity contribution in [2.75, 3.05) is 19.6 Å². The summed E-state index contributed by atoms with van der Waals surface area (Å²) >= 11 is 0. The van der Waals surface area contributed by atoms with E-state index in [9.17, 15) is 9.59 Å². The van der Waals surface area contributed by atoms with Gasteiger partial charge in [-0.15, -0.1) is 0 Å². The fraction of sp³-hybridized carbons (Fsp3) is 0.833. The molecule has 1 heterocycles.